The van der Waals surface area contributed by atoms with E-state index in [1.165, 1.54) is 0 Å². The molecular formula is C47H78O17P2. The maximum absolute atomic E-state index is 13.0. The van der Waals surface area contributed by atoms with Crippen molar-refractivity contribution in [1.29, 1.82) is 0 Å². The van der Waals surface area contributed by atoms with Gasteiger partial charge in [-0.3, -0.25) is 23.2 Å². The number of carbonyl (C=O) groups excluding carboxylic acids is 2. The average Bonchev–Trinajstić information content (AvgIpc) is 3.26. The van der Waals surface area contributed by atoms with Gasteiger partial charge in [0, 0.05) is 12.8 Å². The van der Waals surface area contributed by atoms with Crippen molar-refractivity contribution in [3.8, 4) is 0 Å². The molecule has 5 unspecified atom stereocenters. The van der Waals surface area contributed by atoms with Crippen LogP contribution in [-0.4, -0.2) is 114 Å². The summed E-state index contributed by atoms with van der Waals surface area (Å²) in [5.41, 5.74) is 0. The van der Waals surface area contributed by atoms with Crippen molar-refractivity contribution >= 4 is 27.6 Å². The number of phosphoric acid groups is 2. The predicted octanol–water partition coefficient (Wildman–Crippen LogP) is 7.58. The van der Waals surface area contributed by atoms with Crippen LogP contribution < -0.4 is 0 Å². The number of aliphatic hydroxyl groups excluding tert-OH is 5. The van der Waals surface area contributed by atoms with Gasteiger partial charge in [0.05, 0.1) is 12.7 Å². The summed E-state index contributed by atoms with van der Waals surface area (Å²) in [5, 5.41) is 50.5. The van der Waals surface area contributed by atoms with Crippen LogP contribution in [0.25, 0.3) is 0 Å². The summed E-state index contributed by atoms with van der Waals surface area (Å²) in [6.45, 7) is 2.47. The van der Waals surface area contributed by atoms with E-state index in [4.69, 9.17) is 28.3 Å². The maximum Gasteiger partial charge on any atom is 0.472 e. The summed E-state index contributed by atoms with van der Waals surface area (Å²) >= 11 is 0. The van der Waals surface area contributed by atoms with E-state index in [-0.39, 0.29) is 18.9 Å². The van der Waals surface area contributed by atoms with E-state index in [2.05, 4.69) is 78.3 Å². The van der Waals surface area contributed by atoms with Crippen molar-refractivity contribution in [3.63, 3.8) is 0 Å². The van der Waals surface area contributed by atoms with Crippen LogP contribution in [0.2, 0.25) is 0 Å². The van der Waals surface area contributed by atoms with Crippen LogP contribution in [0.4, 0.5) is 0 Å². The van der Waals surface area contributed by atoms with E-state index >= 15 is 0 Å². The lowest BCUT2D eigenvalue weighted by Crippen LogP contribution is -2.64. The van der Waals surface area contributed by atoms with E-state index in [0.717, 1.165) is 83.5 Å². The monoisotopic (exact) mass is 976 g/mol. The molecule has 8 N–H and O–H groups in total. The zero-order valence-corrected chi connectivity index (χ0v) is 40.5. The van der Waals surface area contributed by atoms with E-state index in [0.29, 0.717) is 25.7 Å². The van der Waals surface area contributed by atoms with Crippen LogP contribution in [0.15, 0.2) is 85.1 Å². The number of allylic oxidation sites excluding steroid dienone is 14. The van der Waals surface area contributed by atoms with Crippen molar-refractivity contribution in [2.75, 3.05) is 13.2 Å². The number of aliphatic hydroxyl groups is 5. The average molecular weight is 977 g/mol. The molecule has 1 saturated carbocycles. The lowest BCUT2D eigenvalue weighted by atomic mass is 9.85. The number of phosphoric ester groups is 2. The molecule has 0 aromatic heterocycles. The second kappa shape index (κ2) is 37.1. The molecule has 0 bridgehead atoms. The SMILES string of the molecule is CC/C=C\C/C=C\C/C=C\CCCCCCCC(=O)OC[C@H](COP(=O)(O)O[C@H]1C(O)C(O)C(O)[C@@H](OP(=O)(O)O)C1O)OC(=O)CCC/C=C\C/C=C\C/C=C\C/C=C\CCC[C@H](C)O. The summed E-state index contributed by atoms with van der Waals surface area (Å²) in [6, 6.07) is 0. The third-order valence-electron chi connectivity index (χ3n) is 9.97. The van der Waals surface area contributed by atoms with Crippen LogP contribution in [0, 0.1) is 0 Å². The van der Waals surface area contributed by atoms with Crippen LogP contribution in [-0.2, 0) is 41.8 Å². The van der Waals surface area contributed by atoms with Gasteiger partial charge in [0.1, 0.15) is 43.2 Å². The fourth-order valence-corrected chi connectivity index (χ4v) is 7.94. The minimum Gasteiger partial charge on any atom is -0.462 e. The van der Waals surface area contributed by atoms with Gasteiger partial charge in [-0.2, -0.15) is 0 Å². The van der Waals surface area contributed by atoms with Gasteiger partial charge < -0.3 is 49.7 Å². The lowest BCUT2D eigenvalue weighted by molar-refractivity contribution is -0.216. The Labute approximate surface area is 391 Å². The molecule has 1 rings (SSSR count). The highest BCUT2D eigenvalue weighted by molar-refractivity contribution is 7.47. The Balaban J connectivity index is 2.66. The first-order valence-corrected chi connectivity index (χ1v) is 26.2. The number of carbonyl (C=O) groups is 2. The molecule has 1 aliphatic carbocycles. The third-order valence-corrected chi connectivity index (χ3v) is 11.5. The van der Waals surface area contributed by atoms with Crippen LogP contribution in [0.5, 0.6) is 0 Å². The van der Waals surface area contributed by atoms with Crippen LogP contribution in [0.1, 0.15) is 136 Å². The molecule has 66 heavy (non-hydrogen) atoms. The molecule has 1 fully saturated rings. The van der Waals surface area contributed by atoms with Crippen LogP contribution >= 0.6 is 15.6 Å². The molecule has 0 saturated heterocycles. The standard InChI is InChI=1S/C47H78O17P2/c1-3-4-5-6-7-8-9-10-12-16-19-22-25-28-31-34-40(49)60-36-39(37-61-66(58,59)64-47-44(53)42(51)43(52)46(45(47)54)63-65(55,56)57)62-41(50)35-32-29-26-23-20-17-14-11-13-15-18-21-24-27-30-33-38(2)48/h4-5,7-8,10,12-15,17,21,23-24,26,38-39,42-48,51-54H,3,6,9,11,16,18-20,22,25,27-37H2,1-2H3,(H,58,59)(H2,55,56,57)/b5-4-,8-7-,12-10-,15-13-,17-14-,24-21-,26-23-/t38-,39+,42?,43?,44?,45?,46+,47-/m0/s1. The van der Waals surface area contributed by atoms with E-state index in [1.54, 1.807) is 6.92 Å². The van der Waals surface area contributed by atoms with E-state index in [9.17, 15) is 49.1 Å². The van der Waals surface area contributed by atoms with Crippen molar-refractivity contribution < 1.29 is 82.0 Å². The molecule has 1 aliphatic rings. The number of esters is 2. The van der Waals surface area contributed by atoms with Gasteiger partial charge in [-0.05, 0) is 96.8 Å². The number of hydrogen-bond acceptors (Lipinski definition) is 14. The maximum atomic E-state index is 13.0. The van der Waals surface area contributed by atoms with Gasteiger partial charge in [-0.1, -0.05) is 111 Å². The minimum atomic E-state index is -5.38. The zero-order valence-electron chi connectivity index (χ0n) is 38.7. The number of hydrogen-bond donors (Lipinski definition) is 8. The van der Waals surface area contributed by atoms with Crippen molar-refractivity contribution in [2.45, 2.75) is 185 Å². The predicted molar refractivity (Wildman–Crippen MR) is 251 cm³/mol. The molecule has 0 aromatic rings. The zero-order chi connectivity index (χ0) is 49.1. The van der Waals surface area contributed by atoms with Gasteiger partial charge in [-0.25, -0.2) is 9.13 Å². The molecule has 19 heteroatoms. The van der Waals surface area contributed by atoms with Gasteiger partial charge in [0.25, 0.3) is 0 Å². The molecule has 0 spiro atoms. The summed E-state index contributed by atoms with van der Waals surface area (Å²) in [7, 11) is -10.7. The normalized spacial score (nSPS) is 22.8. The van der Waals surface area contributed by atoms with Crippen LogP contribution in [0.3, 0.4) is 0 Å². The van der Waals surface area contributed by atoms with Gasteiger partial charge in [-0.15, -0.1) is 0 Å². The molecule has 0 radical (unpaired) electrons. The smallest absolute Gasteiger partial charge is 0.462 e. The first kappa shape index (κ1) is 61.2. The summed E-state index contributed by atoms with van der Waals surface area (Å²) in [6.07, 6.45) is 28.2. The molecular weight excluding hydrogens is 898 g/mol. The fourth-order valence-electron chi connectivity index (χ4n) is 6.40. The molecule has 9 atom stereocenters. The summed E-state index contributed by atoms with van der Waals surface area (Å²) < 4.78 is 49.2. The number of ether oxygens (including phenoxy) is 2. The Morgan fingerprint density at radius 2 is 1.00 bits per heavy atom. The number of unbranched alkanes of at least 4 members (excludes halogenated alkanes) is 7. The van der Waals surface area contributed by atoms with Crippen molar-refractivity contribution in [1.82, 2.24) is 0 Å². The fraction of sp³-hybridized carbons (Fsp3) is 0.660. The molecule has 0 amide bonds. The van der Waals surface area contributed by atoms with Gasteiger partial charge in [0.2, 0.25) is 0 Å². The second-order valence-electron chi connectivity index (χ2n) is 16.0. The van der Waals surface area contributed by atoms with Crippen molar-refractivity contribution in [2.24, 2.45) is 0 Å². The Hall–Kier alpha value is -2.86. The highest BCUT2D eigenvalue weighted by Crippen LogP contribution is 2.49. The largest absolute Gasteiger partial charge is 0.472 e. The topological polar surface area (TPSA) is 276 Å². The molecule has 0 aliphatic heterocycles. The second-order valence-corrected chi connectivity index (χ2v) is 18.6. The first-order chi connectivity index (χ1) is 31.5. The third kappa shape index (κ3) is 32.0. The molecule has 378 valence electrons. The summed E-state index contributed by atoms with van der Waals surface area (Å²) in [5.74, 6) is -1.32. The Bertz CT molecular complexity index is 1620. The van der Waals surface area contributed by atoms with Gasteiger partial charge >= 0.3 is 27.6 Å². The highest BCUT2D eigenvalue weighted by atomic mass is 31.2. The lowest BCUT2D eigenvalue weighted by Gasteiger charge is -2.43. The van der Waals surface area contributed by atoms with Gasteiger partial charge in [0.15, 0.2) is 6.10 Å². The Morgan fingerprint density at radius 1 is 0.545 bits per heavy atom. The highest BCUT2D eigenvalue weighted by Gasteiger charge is 2.54. The molecule has 0 aromatic carbocycles. The minimum absolute atomic E-state index is 0.0525. The van der Waals surface area contributed by atoms with E-state index < -0.39 is 83.5 Å². The molecule has 17 nitrogen and oxygen atoms in total. The van der Waals surface area contributed by atoms with E-state index in [1.807, 2.05) is 18.2 Å². The first-order valence-electron chi connectivity index (χ1n) is 23.2. The number of rotatable bonds is 37. The summed E-state index contributed by atoms with van der Waals surface area (Å²) in [4.78, 5) is 54.2. The Morgan fingerprint density at radius 3 is 1.53 bits per heavy atom. The van der Waals surface area contributed by atoms with Crippen molar-refractivity contribution in [3.05, 3.63) is 85.1 Å². The Kier molecular flexibility index (Phi) is 34.4. The molecule has 0 heterocycles. The quantitative estimate of drug-likeness (QED) is 0.0129.